The molecule has 3 rings (SSSR count). The molecule has 0 fully saturated rings. The van der Waals surface area contributed by atoms with Crippen LogP contribution in [0.25, 0.3) is 5.69 Å². The molecule has 0 bridgehead atoms. The third-order valence-corrected chi connectivity index (χ3v) is 3.66. The molecule has 2 aromatic carbocycles. The highest BCUT2D eigenvalue weighted by atomic mass is 16.5. The summed E-state index contributed by atoms with van der Waals surface area (Å²) >= 11 is 0. The summed E-state index contributed by atoms with van der Waals surface area (Å²) < 4.78 is 7.35. The van der Waals surface area contributed by atoms with Gasteiger partial charge in [0.05, 0.1) is 11.3 Å². The second-order valence-corrected chi connectivity index (χ2v) is 5.86. The van der Waals surface area contributed by atoms with Crippen molar-refractivity contribution >= 4 is 5.97 Å². The van der Waals surface area contributed by atoms with E-state index >= 15 is 0 Å². The van der Waals surface area contributed by atoms with E-state index in [-0.39, 0.29) is 5.56 Å². The highest BCUT2D eigenvalue weighted by molar-refractivity contribution is 5.62. The fraction of sp³-hybridized carbons (Fsp3) is 0.320. The lowest BCUT2D eigenvalue weighted by molar-refractivity contribution is -0.134. The zero-order valence-corrected chi connectivity index (χ0v) is 19.5. The van der Waals surface area contributed by atoms with Crippen LogP contribution in [0, 0.1) is 13.8 Å². The first-order valence-corrected chi connectivity index (χ1v) is 10.4. The molecule has 0 aliphatic carbocycles. The number of aromatic nitrogens is 2. The van der Waals surface area contributed by atoms with E-state index in [4.69, 9.17) is 14.6 Å². The number of aliphatic carboxylic acids is 1. The number of aryl methyl sites for hydroxylation is 1. The maximum absolute atomic E-state index is 12.7. The quantitative estimate of drug-likeness (QED) is 0.590. The van der Waals surface area contributed by atoms with Crippen molar-refractivity contribution in [3.05, 3.63) is 88.0 Å². The van der Waals surface area contributed by atoms with Crippen LogP contribution in [0.2, 0.25) is 0 Å². The van der Waals surface area contributed by atoms with Crippen LogP contribution in [0.4, 0.5) is 0 Å². The maximum Gasteiger partial charge on any atom is 0.300 e. The Morgan fingerprint density at radius 1 is 0.935 bits per heavy atom. The van der Waals surface area contributed by atoms with E-state index in [0.717, 1.165) is 18.2 Å². The van der Waals surface area contributed by atoms with Gasteiger partial charge in [0.2, 0.25) is 5.88 Å². The smallest absolute Gasteiger partial charge is 0.300 e. The monoisotopic (exact) mass is 426 g/mol. The summed E-state index contributed by atoms with van der Waals surface area (Å²) in [4.78, 5) is 26.1. The zero-order chi connectivity index (χ0) is 23.8. The molecular weight excluding hydrogens is 392 g/mol. The number of nitrogens with zero attached hydrogens (tertiary/aromatic N) is 2. The Labute approximate surface area is 185 Å². The molecule has 6 nitrogen and oxygen atoms in total. The van der Waals surface area contributed by atoms with Crippen molar-refractivity contribution in [3.8, 4) is 11.6 Å². The third-order valence-electron chi connectivity index (χ3n) is 3.66. The highest BCUT2D eigenvalue weighted by Gasteiger charge is 2.13. The molecule has 0 atom stereocenters. The van der Waals surface area contributed by atoms with Gasteiger partial charge in [0.25, 0.3) is 11.5 Å². The van der Waals surface area contributed by atoms with E-state index in [1.807, 2.05) is 95.3 Å². The van der Waals surface area contributed by atoms with Crippen molar-refractivity contribution in [3.63, 3.8) is 0 Å². The molecule has 31 heavy (non-hydrogen) atoms. The van der Waals surface area contributed by atoms with Gasteiger partial charge in [0, 0.05) is 6.92 Å². The molecule has 0 saturated heterocycles. The molecule has 0 amide bonds. The fourth-order valence-corrected chi connectivity index (χ4v) is 2.43. The minimum absolute atomic E-state index is 0.105. The number of para-hydroxylation sites is 1. The Kier molecular flexibility index (Phi) is 13.7. The van der Waals surface area contributed by atoms with Crippen molar-refractivity contribution in [1.82, 2.24) is 9.55 Å². The van der Waals surface area contributed by atoms with E-state index < -0.39 is 5.97 Å². The summed E-state index contributed by atoms with van der Waals surface area (Å²) in [6.07, 6.45) is 0. The molecule has 1 aromatic heterocycles. The van der Waals surface area contributed by atoms with Crippen LogP contribution in [-0.2, 0) is 11.4 Å². The summed E-state index contributed by atoms with van der Waals surface area (Å²) in [5.41, 5.74) is 2.25. The molecule has 0 aliphatic rings. The average Bonchev–Trinajstić information content (AvgIpc) is 2.79. The van der Waals surface area contributed by atoms with E-state index in [1.165, 1.54) is 0 Å². The number of carboxylic acid groups (broad SMARTS) is 1. The second kappa shape index (κ2) is 15.4. The van der Waals surface area contributed by atoms with Gasteiger partial charge in [0.1, 0.15) is 12.4 Å². The molecule has 1 N–H and O–H groups in total. The summed E-state index contributed by atoms with van der Waals surface area (Å²) in [5, 5.41) is 7.42. The highest BCUT2D eigenvalue weighted by Crippen LogP contribution is 2.16. The van der Waals surface area contributed by atoms with E-state index in [0.29, 0.717) is 23.9 Å². The molecule has 0 spiro atoms. The van der Waals surface area contributed by atoms with Crippen LogP contribution >= 0.6 is 0 Å². The number of carboxylic acids is 1. The summed E-state index contributed by atoms with van der Waals surface area (Å²) in [7, 11) is 0. The zero-order valence-electron chi connectivity index (χ0n) is 19.5. The van der Waals surface area contributed by atoms with E-state index in [2.05, 4.69) is 4.98 Å². The molecule has 3 aromatic rings. The van der Waals surface area contributed by atoms with Gasteiger partial charge in [-0.1, -0.05) is 76.2 Å². The van der Waals surface area contributed by atoms with Crippen molar-refractivity contribution in [1.29, 1.82) is 0 Å². The van der Waals surface area contributed by atoms with E-state index in [9.17, 15) is 4.79 Å². The van der Waals surface area contributed by atoms with Crippen molar-refractivity contribution in [2.45, 2.75) is 55.1 Å². The van der Waals surface area contributed by atoms with Gasteiger partial charge in [0.15, 0.2) is 0 Å². The largest absolute Gasteiger partial charge is 0.481 e. The number of hydrogen-bond acceptors (Lipinski definition) is 4. The van der Waals surface area contributed by atoms with Crippen LogP contribution < -0.4 is 10.3 Å². The van der Waals surface area contributed by atoms with Crippen LogP contribution in [0.5, 0.6) is 5.88 Å². The molecule has 0 unspecified atom stereocenters. The Balaban J connectivity index is 0.000000992. The van der Waals surface area contributed by atoms with Gasteiger partial charge < -0.3 is 9.84 Å². The Bertz CT molecular complexity index is 949. The Hall–Kier alpha value is -3.41. The van der Waals surface area contributed by atoms with Crippen molar-refractivity contribution < 1.29 is 14.6 Å². The van der Waals surface area contributed by atoms with Crippen molar-refractivity contribution in [2.24, 2.45) is 0 Å². The van der Waals surface area contributed by atoms with Gasteiger partial charge in [-0.3, -0.25) is 14.2 Å². The summed E-state index contributed by atoms with van der Waals surface area (Å²) in [6.45, 7) is 13.0. The number of benzene rings is 2. The van der Waals surface area contributed by atoms with Gasteiger partial charge in [-0.05, 0) is 31.5 Å². The van der Waals surface area contributed by atoms with Gasteiger partial charge in [-0.15, -0.1) is 0 Å². The predicted molar refractivity (Wildman–Crippen MR) is 126 cm³/mol. The summed E-state index contributed by atoms with van der Waals surface area (Å²) in [6, 6.07) is 19.3. The lowest BCUT2D eigenvalue weighted by Gasteiger charge is -2.14. The number of ether oxygens (including phenoxy) is 1. The molecule has 6 heteroatoms. The van der Waals surface area contributed by atoms with Gasteiger partial charge >= 0.3 is 0 Å². The second-order valence-electron chi connectivity index (χ2n) is 5.86. The SMILES string of the molecule is CC.CC.CC(=O)O.Cc1c(OCc2ccccc2)nc(C)n(-c2ccccc2)c1=O. The molecule has 168 valence electrons. The minimum Gasteiger partial charge on any atom is -0.481 e. The molecule has 1 heterocycles. The van der Waals surface area contributed by atoms with Crippen LogP contribution in [0.3, 0.4) is 0 Å². The fourth-order valence-electron chi connectivity index (χ4n) is 2.43. The third kappa shape index (κ3) is 9.30. The van der Waals surface area contributed by atoms with E-state index in [1.54, 1.807) is 11.5 Å². The van der Waals surface area contributed by atoms with Crippen LogP contribution in [-0.4, -0.2) is 20.6 Å². The normalized spacial score (nSPS) is 9.00. The standard InChI is InChI=1S/C19H18N2O2.C2H4O2.2C2H6/c1-14-18(23-13-16-9-5-3-6-10-16)20-15(2)21(19(14)22)17-11-7-4-8-12-17;1-2(3)4;2*1-2/h3-12H,13H2,1-2H3;1H3,(H,3,4);2*1-2H3. The molecule has 0 saturated carbocycles. The Morgan fingerprint density at radius 3 is 1.87 bits per heavy atom. The number of hydrogen-bond donors (Lipinski definition) is 1. The predicted octanol–water partition coefficient (Wildman–Crippen LogP) is 5.57. The first-order valence-electron chi connectivity index (χ1n) is 10.4. The Morgan fingerprint density at radius 2 is 1.39 bits per heavy atom. The molecule has 0 radical (unpaired) electrons. The van der Waals surface area contributed by atoms with Gasteiger partial charge in [-0.25, -0.2) is 0 Å². The summed E-state index contributed by atoms with van der Waals surface area (Å²) in [5.74, 6) is 0.165. The van der Waals surface area contributed by atoms with Crippen molar-refractivity contribution in [2.75, 3.05) is 0 Å². The van der Waals surface area contributed by atoms with Crippen LogP contribution in [0.1, 0.15) is 51.6 Å². The lowest BCUT2D eigenvalue weighted by Crippen LogP contribution is -2.25. The topological polar surface area (TPSA) is 81.4 Å². The molecular formula is C25H34N2O4. The lowest BCUT2D eigenvalue weighted by atomic mass is 10.2. The minimum atomic E-state index is -0.833. The number of rotatable bonds is 4. The van der Waals surface area contributed by atoms with Crippen LogP contribution in [0.15, 0.2) is 65.5 Å². The first-order chi connectivity index (χ1) is 14.9. The number of carbonyl (C=O) groups is 1. The average molecular weight is 427 g/mol. The maximum atomic E-state index is 12.7. The molecule has 0 aliphatic heterocycles. The van der Waals surface area contributed by atoms with Gasteiger partial charge in [-0.2, -0.15) is 4.98 Å². The first kappa shape index (κ1) is 27.6.